The van der Waals surface area contributed by atoms with E-state index in [9.17, 15) is 14.9 Å². The van der Waals surface area contributed by atoms with E-state index in [1.54, 1.807) is 36.4 Å². The summed E-state index contributed by atoms with van der Waals surface area (Å²) < 4.78 is 11.3. The number of hydrogen-bond acceptors (Lipinski definition) is 5. The second-order valence-corrected chi connectivity index (χ2v) is 7.76. The van der Waals surface area contributed by atoms with Crippen LogP contribution < -0.4 is 14.8 Å². The smallest absolute Gasteiger partial charge is 0.335 e. The topological polar surface area (TPSA) is 109 Å². The molecule has 0 heterocycles. The number of carboxylic acids is 1. The molecule has 3 rings (SSSR count). The molecule has 0 aromatic heterocycles. The van der Waals surface area contributed by atoms with Crippen molar-refractivity contribution in [3.05, 3.63) is 93.0 Å². The summed E-state index contributed by atoms with van der Waals surface area (Å²) in [5, 5.41) is 21.9. The summed E-state index contributed by atoms with van der Waals surface area (Å²) >= 11 is 12.0. The molecule has 0 radical (unpaired) electrons. The van der Waals surface area contributed by atoms with Gasteiger partial charge in [0.1, 0.15) is 18.2 Å². The van der Waals surface area contributed by atoms with Crippen LogP contribution in [0, 0.1) is 11.3 Å². The van der Waals surface area contributed by atoms with E-state index < -0.39 is 11.9 Å². The molecule has 3 aromatic carbocycles. The minimum atomic E-state index is -1.02. The summed E-state index contributed by atoms with van der Waals surface area (Å²) in [6, 6.07) is 17.7. The van der Waals surface area contributed by atoms with Crippen LogP contribution in [0.4, 0.5) is 5.69 Å². The lowest BCUT2D eigenvalue weighted by molar-refractivity contribution is -0.112. The first-order chi connectivity index (χ1) is 16.3. The number of carbonyl (C=O) groups excluding carboxylic acids is 1. The predicted octanol–water partition coefficient (Wildman–Crippen LogP) is 5.82. The van der Waals surface area contributed by atoms with Crippen molar-refractivity contribution in [1.29, 1.82) is 5.26 Å². The fourth-order valence-corrected chi connectivity index (χ4v) is 3.40. The van der Waals surface area contributed by atoms with Gasteiger partial charge < -0.3 is 19.9 Å². The number of hydrogen-bond donors (Lipinski definition) is 2. The molecule has 172 valence electrons. The Labute approximate surface area is 205 Å². The number of para-hydroxylation sites is 1. The van der Waals surface area contributed by atoms with Crippen molar-refractivity contribution >= 4 is 46.8 Å². The van der Waals surface area contributed by atoms with E-state index in [4.69, 9.17) is 37.8 Å². The van der Waals surface area contributed by atoms with Gasteiger partial charge >= 0.3 is 5.97 Å². The van der Waals surface area contributed by atoms with Gasteiger partial charge in [0.2, 0.25) is 0 Å². The quantitative estimate of drug-likeness (QED) is 0.300. The van der Waals surface area contributed by atoms with E-state index >= 15 is 0 Å². The number of amides is 1. The van der Waals surface area contributed by atoms with Crippen LogP contribution in [-0.4, -0.2) is 24.1 Å². The highest BCUT2D eigenvalue weighted by Gasteiger charge is 2.16. The van der Waals surface area contributed by atoms with E-state index in [2.05, 4.69) is 5.32 Å². The Balaban J connectivity index is 1.86. The molecule has 34 heavy (non-hydrogen) atoms. The van der Waals surface area contributed by atoms with E-state index in [1.807, 2.05) is 6.07 Å². The zero-order valence-corrected chi connectivity index (χ0v) is 19.4. The van der Waals surface area contributed by atoms with Crippen LogP contribution in [0.5, 0.6) is 11.5 Å². The fraction of sp³-hybridized carbons (Fsp3) is 0.0800. The number of rotatable bonds is 8. The number of carboxylic acid groups (broad SMARTS) is 1. The Bertz CT molecular complexity index is 1300. The zero-order valence-electron chi connectivity index (χ0n) is 17.8. The summed E-state index contributed by atoms with van der Waals surface area (Å²) in [4.78, 5) is 23.7. The third kappa shape index (κ3) is 6.07. The number of anilines is 1. The van der Waals surface area contributed by atoms with Crippen LogP contribution in [0.3, 0.4) is 0 Å². The van der Waals surface area contributed by atoms with Gasteiger partial charge in [-0.25, -0.2) is 4.79 Å². The standard InChI is InChI=1S/C25H18Cl2N2O5/c1-33-22-4-2-3-17(23(22)34-14-15-5-7-16(8-6-15)25(31)32)11-18(13-28)24(30)29-21-10-9-19(26)12-20(21)27/h2-12H,14H2,1H3,(H,29,30)(H,31,32)/b18-11-. The Morgan fingerprint density at radius 3 is 2.47 bits per heavy atom. The number of nitriles is 1. The summed E-state index contributed by atoms with van der Waals surface area (Å²) in [5.74, 6) is -0.969. The SMILES string of the molecule is COc1cccc(/C=C(/C#N)C(=O)Nc2ccc(Cl)cc2Cl)c1OCc1ccc(C(=O)O)cc1. The fourth-order valence-electron chi connectivity index (χ4n) is 2.95. The van der Waals surface area contributed by atoms with Gasteiger partial charge in [0.25, 0.3) is 5.91 Å². The summed E-state index contributed by atoms with van der Waals surface area (Å²) in [7, 11) is 1.47. The van der Waals surface area contributed by atoms with Crippen molar-refractivity contribution in [2.45, 2.75) is 6.61 Å². The second-order valence-electron chi connectivity index (χ2n) is 6.92. The number of nitrogens with one attached hydrogen (secondary N) is 1. The van der Waals surface area contributed by atoms with Gasteiger partial charge in [-0.1, -0.05) is 47.5 Å². The third-order valence-corrected chi connectivity index (χ3v) is 5.21. The van der Waals surface area contributed by atoms with Crippen LogP contribution in [0.1, 0.15) is 21.5 Å². The van der Waals surface area contributed by atoms with E-state index in [1.165, 1.54) is 37.5 Å². The minimum Gasteiger partial charge on any atom is -0.493 e. The van der Waals surface area contributed by atoms with E-state index in [0.717, 1.165) is 5.56 Å². The molecule has 0 aliphatic rings. The number of aromatic carboxylic acids is 1. The molecule has 0 fully saturated rings. The third-order valence-electron chi connectivity index (χ3n) is 4.66. The van der Waals surface area contributed by atoms with Gasteiger partial charge in [-0.2, -0.15) is 5.26 Å². The normalized spacial score (nSPS) is 10.8. The number of carbonyl (C=O) groups is 2. The van der Waals surface area contributed by atoms with Crippen LogP contribution in [0.2, 0.25) is 10.0 Å². The number of methoxy groups -OCH3 is 1. The molecule has 7 nitrogen and oxygen atoms in total. The molecule has 0 saturated heterocycles. The van der Waals surface area contributed by atoms with Gasteiger partial charge in [-0.05, 0) is 48.0 Å². The van der Waals surface area contributed by atoms with Crippen LogP contribution >= 0.6 is 23.2 Å². The highest BCUT2D eigenvalue weighted by atomic mass is 35.5. The average Bonchev–Trinajstić information content (AvgIpc) is 2.83. The Kier molecular flexibility index (Phi) is 8.14. The molecule has 0 aliphatic carbocycles. The zero-order chi connectivity index (χ0) is 24.7. The summed E-state index contributed by atoms with van der Waals surface area (Å²) in [6.45, 7) is 0.107. The molecule has 0 aliphatic heterocycles. The van der Waals surface area contributed by atoms with E-state index in [-0.39, 0.29) is 22.8 Å². The maximum Gasteiger partial charge on any atom is 0.335 e. The molecular formula is C25H18Cl2N2O5. The first-order valence-electron chi connectivity index (χ1n) is 9.82. The largest absolute Gasteiger partial charge is 0.493 e. The van der Waals surface area contributed by atoms with Gasteiger partial charge in [0.15, 0.2) is 11.5 Å². The minimum absolute atomic E-state index is 0.107. The maximum atomic E-state index is 12.7. The second kappa shape index (κ2) is 11.2. The molecule has 0 saturated carbocycles. The van der Waals surface area contributed by atoms with Crippen molar-refractivity contribution in [3.8, 4) is 17.6 Å². The molecule has 0 spiro atoms. The molecule has 1 amide bonds. The lowest BCUT2D eigenvalue weighted by Crippen LogP contribution is -2.13. The van der Waals surface area contributed by atoms with Crippen molar-refractivity contribution in [3.63, 3.8) is 0 Å². The van der Waals surface area contributed by atoms with Gasteiger partial charge in [0, 0.05) is 10.6 Å². The lowest BCUT2D eigenvalue weighted by atomic mass is 10.1. The Morgan fingerprint density at radius 1 is 1.12 bits per heavy atom. The molecule has 3 aromatic rings. The first kappa shape index (κ1) is 24.6. The first-order valence-corrected chi connectivity index (χ1v) is 10.6. The number of benzene rings is 3. The molecule has 0 bridgehead atoms. The van der Waals surface area contributed by atoms with Gasteiger partial charge in [0.05, 0.1) is 23.4 Å². The van der Waals surface area contributed by atoms with Crippen molar-refractivity contribution in [2.24, 2.45) is 0 Å². The number of nitrogens with zero attached hydrogens (tertiary/aromatic N) is 1. The molecule has 0 atom stereocenters. The van der Waals surface area contributed by atoms with Gasteiger partial charge in [-0.3, -0.25) is 4.79 Å². The van der Waals surface area contributed by atoms with Crippen LogP contribution in [0.25, 0.3) is 6.08 Å². The van der Waals surface area contributed by atoms with E-state index in [0.29, 0.717) is 27.8 Å². The van der Waals surface area contributed by atoms with Crippen molar-refractivity contribution in [2.75, 3.05) is 12.4 Å². The lowest BCUT2D eigenvalue weighted by Gasteiger charge is -2.14. The van der Waals surface area contributed by atoms with Crippen molar-refractivity contribution in [1.82, 2.24) is 0 Å². The van der Waals surface area contributed by atoms with Crippen LogP contribution in [-0.2, 0) is 11.4 Å². The average molecular weight is 497 g/mol. The van der Waals surface area contributed by atoms with Crippen LogP contribution in [0.15, 0.2) is 66.2 Å². The monoisotopic (exact) mass is 496 g/mol. The summed E-state index contributed by atoms with van der Waals surface area (Å²) in [6.07, 6.45) is 1.38. The highest BCUT2D eigenvalue weighted by molar-refractivity contribution is 6.36. The molecule has 9 heteroatoms. The molecule has 2 N–H and O–H groups in total. The molecular weight excluding hydrogens is 479 g/mol. The molecule has 0 unspecified atom stereocenters. The number of halogens is 2. The van der Waals surface area contributed by atoms with Gasteiger partial charge in [-0.15, -0.1) is 0 Å². The summed E-state index contributed by atoms with van der Waals surface area (Å²) in [5.41, 5.74) is 1.45. The predicted molar refractivity (Wildman–Crippen MR) is 129 cm³/mol. The number of ether oxygens (including phenoxy) is 2. The highest BCUT2D eigenvalue weighted by Crippen LogP contribution is 2.34. The van der Waals surface area contributed by atoms with Crippen molar-refractivity contribution < 1.29 is 24.2 Å². The Morgan fingerprint density at radius 2 is 1.85 bits per heavy atom. The maximum absolute atomic E-state index is 12.7. The Hall–Kier alpha value is -3.99.